The molecule has 3 rings (SSSR count). The van der Waals surface area contributed by atoms with E-state index >= 15 is 0 Å². The minimum Gasteiger partial charge on any atom is -0.324 e. The van der Waals surface area contributed by atoms with Crippen molar-refractivity contribution in [1.82, 2.24) is 14.1 Å². The van der Waals surface area contributed by atoms with Crippen molar-refractivity contribution in [2.45, 2.75) is 18.4 Å². The monoisotopic (exact) mass is 426 g/mol. The molecule has 2 aromatic carbocycles. The highest BCUT2D eigenvalue weighted by Gasteiger charge is 2.29. The van der Waals surface area contributed by atoms with Crippen molar-refractivity contribution in [3.05, 3.63) is 65.7 Å². The number of carbonyl (C=O) groups excluding carboxylic acids is 1. The highest BCUT2D eigenvalue weighted by Crippen LogP contribution is 2.18. The van der Waals surface area contributed by atoms with Crippen molar-refractivity contribution in [3.63, 3.8) is 0 Å². The molecule has 1 aliphatic rings. The van der Waals surface area contributed by atoms with Crippen LogP contribution in [0, 0.1) is 18.3 Å². The molecule has 158 valence electrons. The number of piperazine rings is 1. The van der Waals surface area contributed by atoms with Gasteiger partial charge in [0.2, 0.25) is 15.9 Å². The van der Waals surface area contributed by atoms with Gasteiger partial charge in [0.15, 0.2) is 0 Å². The second-order valence-corrected chi connectivity index (χ2v) is 9.32. The first kappa shape index (κ1) is 22.0. The second kappa shape index (κ2) is 9.85. The normalized spacial score (nSPS) is 15.5. The van der Waals surface area contributed by atoms with Gasteiger partial charge in [-0.3, -0.25) is 9.69 Å². The van der Waals surface area contributed by atoms with E-state index in [2.05, 4.69) is 6.07 Å². The number of carbonyl (C=O) groups is 1. The van der Waals surface area contributed by atoms with E-state index in [-0.39, 0.29) is 19.0 Å². The summed E-state index contributed by atoms with van der Waals surface area (Å²) >= 11 is 0. The molecular formula is C22H26N4O3S. The van der Waals surface area contributed by atoms with Gasteiger partial charge in [0.1, 0.15) is 6.54 Å². The molecule has 0 saturated carbocycles. The third kappa shape index (κ3) is 5.45. The topological polar surface area (TPSA) is 84.7 Å². The summed E-state index contributed by atoms with van der Waals surface area (Å²) in [4.78, 5) is 16.5. The second-order valence-electron chi connectivity index (χ2n) is 7.39. The zero-order valence-electron chi connectivity index (χ0n) is 17.1. The van der Waals surface area contributed by atoms with Crippen molar-refractivity contribution >= 4 is 15.9 Å². The lowest BCUT2D eigenvalue weighted by Gasteiger charge is -2.34. The molecule has 8 heteroatoms. The maximum atomic E-state index is 12.8. The standard InChI is InChI=1S/C22H26N4O3S/c1-19-7-9-21(10-8-19)30(28,29)26-15-13-24(14-16-26)18-22(27)25(12-11-23)17-20-5-3-2-4-6-20/h2-10H,12-18H2,1H3. The molecular weight excluding hydrogens is 400 g/mol. The van der Waals surface area contributed by atoms with E-state index < -0.39 is 10.0 Å². The molecule has 0 atom stereocenters. The van der Waals surface area contributed by atoms with Gasteiger partial charge in [0.05, 0.1) is 17.5 Å². The van der Waals surface area contributed by atoms with Crippen molar-refractivity contribution in [3.8, 4) is 6.07 Å². The molecule has 0 N–H and O–H groups in total. The first-order chi connectivity index (χ1) is 14.4. The summed E-state index contributed by atoms with van der Waals surface area (Å²) in [6, 6.07) is 18.4. The van der Waals surface area contributed by atoms with Crippen LogP contribution in [0.1, 0.15) is 11.1 Å². The molecule has 2 aromatic rings. The van der Waals surface area contributed by atoms with E-state index in [1.807, 2.05) is 42.2 Å². The maximum absolute atomic E-state index is 12.8. The van der Waals surface area contributed by atoms with Gasteiger partial charge >= 0.3 is 0 Å². The summed E-state index contributed by atoms with van der Waals surface area (Å²) in [6.45, 7) is 4.11. The first-order valence-electron chi connectivity index (χ1n) is 9.88. The molecule has 0 bridgehead atoms. The minimum atomic E-state index is -3.53. The van der Waals surface area contributed by atoms with Crippen molar-refractivity contribution in [1.29, 1.82) is 5.26 Å². The third-order valence-corrected chi connectivity index (χ3v) is 7.09. The molecule has 30 heavy (non-hydrogen) atoms. The third-order valence-electron chi connectivity index (χ3n) is 5.18. The fourth-order valence-electron chi connectivity index (χ4n) is 3.40. The lowest BCUT2D eigenvalue weighted by molar-refractivity contribution is -0.132. The molecule has 0 radical (unpaired) electrons. The SMILES string of the molecule is Cc1ccc(S(=O)(=O)N2CCN(CC(=O)N(CC#N)Cc3ccccc3)CC2)cc1. The predicted octanol–water partition coefficient (Wildman–Crippen LogP) is 1.85. The van der Waals surface area contributed by atoms with Crippen LogP contribution in [0.4, 0.5) is 0 Å². The van der Waals surface area contributed by atoms with Crippen LogP contribution in [-0.2, 0) is 21.4 Å². The van der Waals surface area contributed by atoms with Gasteiger partial charge in [-0.05, 0) is 24.6 Å². The Bertz CT molecular complexity index is 993. The lowest BCUT2D eigenvalue weighted by Crippen LogP contribution is -2.51. The summed E-state index contributed by atoms with van der Waals surface area (Å²) in [5, 5.41) is 9.09. The minimum absolute atomic E-state index is 0.0233. The Hall–Kier alpha value is -2.73. The molecule has 0 unspecified atom stereocenters. The van der Waals surface area contributed by atoms with Gasteiger partial charge in [-0.25, -0.2) is 8.42 Å². The fraction of sp³-hybridized carbons (Fsp3) is 0.364. The Morgan fingerprint density at radius 1 is 1.03 bits per heavy atom. The Labute approximate surface area is 178 Å². The number of sulfonamides is 1. The zero-order chi connectivity index (χ0) is 21.6. The van der Waals surface area contributed by atoms with E-state index in [4.69, 9.17) is 5.26 Å². The Morgan fingerprint density at radius 2 is 1.67 bits per heavy atom. The van der Waals surface area contributed by atoms with Gasteiger partial charge < -0.3 is 4.90 Å². The van der Waals surface area contributed by atoms with Crippen LogP contribution in [0.15, 0.2) is 59.5 Å². The van der Waals surface area contributed by atoms with Crippen LogP contribution in [0.25, 0.3) is 0 Å². The number of aryl methyl sites for hydroxylation is 1. The number of nitriles is 1. The lowest BCUT2D eigenvalue weighted by atomic mass is 10.2. The summed E-state index contributed by atoms with van der Waals surface area (Å²) < 4.78 is 27.1. The summed E-state index contributed by atoms with van der Waals surface area (Å²) in [5.74, 6) is -0.129. The van der Waals surface area contributed by atoms with Crippen LogP contribution in [0.2, 0.25) is 0 Å². The Morgan fingerprint density at radius 3 is 2.27 bits per heavy atom. The van der Waals surface area contributed by atoms with Gasteiger partial charge in [0.25, 0.3) is 0 Å². The summed E-state index contributed by atoms with van der Waals surface area (Å²) in [6.07, 6.45) is 0. The Kier molecular flexibility index (Phi) is 7.21. The number of hydrogen-bond donors (Lipinski definition) is 0. The number of amides is 1. The van der Waals surface area contributed by atoms with E-state index in [0.717, 1.165) is 11.1 Å². The maximum Gasteiger partial charge on any atom is 0.243 e. The van der Waals surface area contributed by atoms with Crippen LogP contribution in [0.5, 0.6) is 0 Å². The van der Waals surface area contributed by atoms with Crippen LogP contribution in [-0.4, -0.2) is 67.7 Å². The van der Waals surface area contributed by atoms with Crippen LogP contribution in [0.3, 0.4) is 0 Å². The first-order valence-corrected chi connectivity index (χ1v) is 11.3. The van der Waals surface area contributed by atoms with E-state index in [1.165, 1.54) is 9.21 Å². The summed E-state index contributed by atoms with van der Waals surface area (Å²) in [5.41, 5.74) is 1.98. The Balaban J connectivity index is 1.57. The molecule has 7 nitrogen and oxygen atoms in total. The molecule has 0 spiro atoms. The van der Waals surface area contributed by atoms with Crippen molar-refractivity contribution in [2.75, 3.05) is 39.3 Å². The highest BCUT2D eigenvalue weighted by atomic mass is 32.2. The highest BCUT2D eigenvalue weighted by molar-refractivity contribution is 7.89. The van der Waals surface area contributed by atoms with Gasteiger partial charge in [0, 0.05) is 32.7 Å². The van der Waals surface area contributed by atoms with Crippen LogP contribution < -0.4 is 0 Å². The average Bonchev–Trinajstić information content (AvgIpc) is 2.75. The number of nitrogens with zero attached hydrogens (tertiary/aromatic N) is 4. The quantitative estimate of drug-likeness (QED) is 0.631. The number of benzene rings is 2. The smallest absolute Gasteiger partial charge is 0.243 e. The fourth-order valence-corrected chi connectivity index (χ4v) is 4.82. The molecule has 1 amide bonds. The summed E-state index contributed by atoms with van der Waals surface area (Å²) in [7, 11) is -3.53. The van der Waals surface area contributed by atoms with Crippen molar-refractivity contribution < 1.29 is 13.2 Å². The van der Waals surface area contributed by atoms with Crippen molar-refractivity contribution in [2.24, 2.45) is 0 Å². The molecule has 1 aliphatic heterocycles. The molecule has 1 saturated heterocycles. The van der Waals surface area contributed by atoms with E-state index in [1.54, 1.807) is 24.3 Å². The van der Waals surface area contributed by atoms with Gasteiger partial charge in [-0.1, -0.05) is 48.0 Å². The van der Waals surface area contributed by atoms with Gasteiger partial charge in [-0.15, -0.1) is 0 Å². The average molecular weight is 427 g/mol. The molecule has 0 aromatic heterocycles. The number of rotatable bonds is 7. The van der Waals surface area contributed by atoms with Gasteiger partial charge in [-0.2, -0.15) is 9.57 Å². The van der Waals surface area contributed by atoms with Crippen LogP contribution >= 0.6 is 0 Å². The predicted molar refractivity (Wildman–Crippen MR) is 114 cm³/mol. The van der Waals surface area contributed by atoms with E-state index in [0.29, 0.717) is 37.6 Å². The molecule has 1 heterocycles. The largest absolute Gasteiger partial charge is 0.324 e. The molecule has 1 fully saturated rings. The van der Waals surface area contributed by atoms with E-state index in [9.17, 15) is 13.2 Å². The zero-order valence-corrected chi connectivity index (χ0v) is 17.9. The number of hydrogen-bond acceptors (Lipinski definition) is 5. The molecule has 0 aliphatic carbocycles.